The minimum Gasteiger partial charge on any atom is -0.386 e. The fraction of sp³-hybridized carbons (Fsp3) is 0.500. The van der Waals surface area contributed by atoms with Gasteiger partial charge in [0.2, 0.25) is 5.91 Å². The van der Waals surface area contributed by atoms with E-state index < -0.39 is 5.60 Å². The van der Waals surface area contributed by atoms with E-state index in [0.29, 0.717) is 32.7 Å². The fourth-order valence-electron chi connectivity index (χ4n) is 2.08. The summed E-state index contributed by atoms with van der Waals surface area (Å²) in [5.41, 5.74) is 1.17. The van der Waals surface area contributed by atoms with Crippen LogP contribution in [0.2, 0.25) is 0 Å². The van der Waals surface area contributed by atoms with Crippen molar-refractivity contribution in [3.05, 3.63) is 29.8 Å². The molecule has 2 rings (SSSR count). The number of ether oxygens (including phenoxy) is 1. The van der Waals surface area contributed by atoms with Gasteiger partial charge >= 0.3 is 0 Å². The third-order valence-electron chi connectivity index (χ3n) is 3.14. The lowest BCUT2D eigenvalue weighted by molar-refractivity contribution is -0.114. The van der Waals surface area contributed by atoms with Crippen LogP contribution in [0.5, 0.6) is 0 Å². The Morgan fingerprint density at radius 3 is 2.74 bits per heavy atom. The Balaban J connectivity index is 1.78. The van der Waals surface area contributed by atoms with Crippen LogP contribution in [0, 0.1) is 0 Å². The van der Waals surface area contributed by atoms with Crippen molar-refractivity contribution in [2.24, 2.45) is 0 Å². The molecule has 1 amide bonds. The number of anilines is 1. The fourth-order valence-corrected chi connectivity index (χ4v) is 2.08. The zero-order chi connectivity index (χ0) is 13.7. The van der Waals surface area contributed by atoms with Gasteiger partial charge in [-0.2, -0.15) is 0 Å². The number of rotatable bonds is 5. The summed E-state index contributed by atoms with van der Waals surface area (Å²) in [6.07, 6.45) is 0.682. The standard InChI is InChI=1S/C14H20N2O3/c1-11(17)16-13-4-2-12(3-5-13)8-15-9-14(18)6-7-19-10-14/h2-5,15,18H,6-10H2,1H3,(H,16,17). The molecule has 5 nitrogen and oxygen atoms in total. The number of carbonyl (C=O) groups excluding carboxylic acids is 1. The lowest BCUT2D eigenvalue weighted by Crippen LogP contribution is -2.40. The molecule has 0 saturated carbocycles. The highest BCUT2D eigenvalue weighted by Gasteiger charge is 2.31. The average molecular weight is 264 g/mol. The first-order valence-electron chi connectivity index (χ1n) is 6.45. The van der Waals surface area contributed by atoms with E-state index in [4.69, 9.17) is 4.74 Å². The number of nitrogens with one attached hydrogen (secondary N) is 2. The topological polar surface area (TPSA) is 70.6 Å². The van der Waals surface area contributed by atoms with Crippen molar-refractivity contribution in [2.75, 3.05) is 25.1 Å². The summed E-state index contributed by atoms with van der Waals surface area (Å²) in [5.74, 6) is -0.0747. The smallest absolute Gasteiger partial charge is 0.221 e. The molecule has 3 N–H and O–H groups in total. The third kappa shape index (κ3) is 4.31. The largest absolute Gasteiger partial charge is 0.386 e. The lowest BCUT2D eigenvalue weighted by atomic mass is 10.0. The highest BCUT2D eigenvalue weighted by Crippen LogP contribution is 2.17. The van der Waals surface area contributed by atoms with Crippen LogP contribution >= 0.6 is 0 Å². The minimum absolute atomic E-state index is 0.0747. The predicted molar refractivity (Wildman–Crippen MR) is 72.8 cm³/mol. The van der Waals surface area contributed by atoms with Crippen molar-refractivity contribution in [3.63, 3.8) is 0 Å². The maximum absolute atomic E-state index is 10.9. The van der Waals surface area contributed by atoms with E-state index in [1.54, 1.807) is 0 Å². The van der Waals surface area contributed by atoms with Crippen LogP contribution < -0.4 is 10.6 Å². The van der Waals surface area contributed by atoms with Crippen molar-refractivity contribution < 1.29 is 14.6 Å². The quantitative estimate of drug-likeness (QED) is 0.738. The Morgan fingerprint density at radius 2 is 2.16 bits per heavy atom. The van der Waals surface area contributed by atoms with Gasteiger partial charge in [-0.3, -0.25) is 4.79 Å². The van der Waals surface area contributed by atoms with Gasteiger partial charge in [-0.1, -0.05) is 12.1 Å². The van der Waals surface area contributed by atoms with Gasteiger partial charge in [-0.15, -0.1) is 0 Å². The zero-order valence-electron chi connectivity index (χ0n) is 11.1. The van der Waals surface area contributed by atoms with E-state index in [0.717, 1.165) is 11.3 Å². The van der Waals surface area contributed by atoms with E-state index in [2.05, 4.69) is 10.6 Å². The summed E-state index contributed by atoms with van der Waals surface area (Å²) in [7, 11) is 0. The maximum Gasteiger partial charge on any atom is 0.221 e. The maximum atomic E-state index is 10.9. The van der Waals surface area contributed by atoms with Crippen molar-refractivity contribution in [1.82, 2.24) is 5.32 Å². The normalized spacial score (nSPS) is 22.4. The Kier molecular flexibility index (Phi) is 4.52. The highest BCUT2D eigenvalue weighted by atomic mass is 16.5. The molecule has 1 saturated heterocycles. The molecule has 1 unspecified atom stereocenters. The Morgan fingerprint density at radius 1 is 1.42 bits per heavy atom. The summed E-state index contributed by atoms with van der Waals surface area (Å²) in [5, 5.41) is 16.0. The SMILES string of the molecule is CC(=O)Nc1ccc(CNCC2(O)CCOC2)cc1. The third-order valence-corrected chi connectivity index (χ3v) is 3.14. The summed E-state index contributed by atoms with van der Waals surface area (Å²) in [6, 6.07) is 7.64. The molecule has 1 atom stereocenters. The van der Waals surface area contributed by atoms with Crippen LogP contribution in [0.25, 0.3) is 0 Å². The van der Waals surface area contributed by atoms with Crippen LogP contribution in [0.4, 0.5) is 5.69 Å². The molecule has 19 heavy (non-hydrogen) atoms. The summed E-state index contributed by atoms with van der Waals surface area (Å²) in [4.78, 5) is 10.9. The van der Waals surface area contributed by atoms with E-state index in [-0.39, 0.29) is 5.91 Å². The van der Waals surface area contributed by atoms with Gasteiger partial charge < -0.3 is 20.5 Å². The molecule has 1 aliphatic heterocycles. The molecule has 0 aliphatic carbocycles. The number of aliphatic hydroxyl groups is 1. The van der Waals surface area contributed by atoms with Gasteiger partial charge in [0.1, 0.15) is 5.60 Å². The van der Waals surface area contributed by atoms with E-state index in [1.165, 1.54) is 6.92 Å². The van der Waals surface area contributed by atoms with Crippen molar-refractivity contribution in [2.45, 2.75) is 25.5 Å². The van der Waals surface area contributed by atoms with Gasteiger partial charge in [0.05, 0.1) is 6.61 Å². The monoisotopic (exact) mass is 264 g/mol. The predicted octanol–water partition coefficient (Wildman–Crippen LogP) is 0.886. The van der Waals surface area contributed by atoms with Crippen molar-refractivity contribution in [1.29, 1.82) is 0 Å². The first kappa shape index (κ1) is 14.0. The van der Waals surface area contributed by atoms with Gasteiger partial charge in [0, 0.05) is 38.7 Å². The first-order valence-corrected chi connectivity index (χ1v) is 6.45. The number of hydrogen-bond acceptors (Lipinski definition) is 4. The lowest BCUT2D eigenvalue weighted by Gasteiger charge is -2.20. The molecular weight excluding hydrogens is 244 g/mol. The van der Waals surface area contributed by atoms with Gasteiger partial charge in [0.25, 0.3) is 0 Å². The van der Waals surface area contributed by atoms with Crippen LogP contribution in [-0.2, 0) is 16.1 Å². The molecule has 1 fully saturated rings. The number of benzene rings is 1. The van der Waals surface area contributed by atoms with Gasteiger partial charge in [-0.25, -0.2) is 0 Å². The summed E-state index contributed by atoms with van der Waals surface area (Å²) in [6.45, 7) is 3.73. The van der Waals surface area contributed by atoms with E-state index in [1.807, 2.05) is 24.3 Å². The molecule has 0 radical (unpaired) electrons. The highest BCUT2D eigenvalue weighted by molar-refractivity contribution is 5.88. The number of hydrogen-bond donors (Lipinski definition) is 3. The molecule has 1 aliphatic rings. The van der Waals surface area contributed by atoms with Crippen LogP contribution in [-0.4, -0.2) is 36.4 Å². The summed E-state index contributed by atoms with van der Waals surface area (Å²) < 4.78 is 5.19. The molecule has 1 aromatic rings. The van der Waals surface area contributed by atoms with Gasteiger partial charge in [0.15, 0.2) is 0 Å². The average Bonchev–Trinajstić information content (AvgIpc) is 2.78. The molecule has 1 aromatic carbocycles. The van der Waals surface area contributed by atoms with E-state index in [9.17, 15) is 9.90 Å². The second-order valence-electron chi connectivity index (χ2n) is 5.01. The molecule has 1 heterocycles. The Hall–Kier alpha value is -1.43. The molecule has 5 heteroatoms. The zero-order valence-corrected chi connectivity index (χ0v) is 11.1. The van der Waals surface area contributed by atoms with E-state index >= 15 is 0 Å². The Labute approximate surface area is 113 Å². The van der Waals surface area contributed by atoms with Crippen LogP contribution in [0.1, 0.15) is 18.9 Å². The molecule has 0 spiro atoms. The van der Waals surface area contributed by atoms with Crippen LogP contribution in [0.3, 0.4) is 0 Å². The number of carbonyl (C=O) groups is 1. The van der Waals surface area contributed by atoms with Crippen molar-refractivity contribution >= 4 is 11.6 Å². The molecule has 104 valence electrons. The number of amides is 1. The Bertz CT molecular complexity index is 425. The molecular formula is C14H20N2O3. The summed E-state index contributed by atoms with van der Waals surface area (Å²) >= 11 is 0. The second kappa shape index (κ2) is 6.14. The minimum atomic E-state index is -0.726. The van der Waals surface area contributed by atoms with Crippen LogP contribution in [0.15, 0.2) is 24.3 Å². The molecule has 0 bridgehead atoms. The first-order chi connectivity index (χ1) is 9.07. The van der Waals surface area contributed by atoms with Crippen molar-refractivity contribution in [3.8, 4) is 0 Å². The van der Waals surface area contributed by atoms with Gasteiger partial charge in [-0.05, 0) is 17.7 Å². The second-order valence-corrected chi connectivity index (χ2v) is 5.01. The molecule has 0 aromatic heterocycles.